The molecule has 5 heteroatoms. The van der Waals surface area contributed by atoms with Crippen LogP contribution in [0.1, 0.15) is 24.0 Å². The quantitative estimate of drug-likeness (QED) is 0.722. The molecule has 1 saturated carbocycles. The van der Waals surface area contributed by atoms with Crippen molar-refractivity contribution in [1.82, 2.24) is 0 Å². The van der Waals surface area contributed by atoms with Gasteiger partial charge < -0.3 is 5.73 Å². The number of halogens is 4. The Labute approximate surface area is 83.9 Å². The first-order chi connectivity index (χ1) is 6.83. The van der Waals surface area contributed by atoms with Crippen molar-refractivity contribution < 1.29 is 17.6 Å². The molecule has 1 aromatic carbocycles. The average molecular weight is 219 g/mol. The van der Waals surface area contributed by atoms with Crippen molar-refractivity contribution in [3.05, 3.63) is 35.1 Å². The van der Waals surface area contributed by atoms with Crippen molar-refractivity contribution in [2.24, 2.45) is 5.73 Å². The number of hydrogen-bond acceptors (Lipinski definition) is 1. The van der Waals surface area contributed by atoms with Crippen LogP contribution >= 0.6 is 0 Å². The zero-order valence-electron chi connectivity index (χ0n) is 7.74. The number of rotatable bonds is 1. The van der Waals surface area contributed by atoms with Gasteiger partial charge in [0, 0.05) is 5.54 Å². The summed E-state index contributed by atoms with van der Waals surface area (Å²) in [5.41, 5.74) is 3.73. The summed E-state index contributed by atoms with van der Waals surface area (Å²) in [6.07, 6.45) is -3.53. The first-order valence-corrected chi connectivity index (χ1v) is 4.49. The third-order valence-electron chi connectivity index (χ3n) is 2.61. The Kier molecular flexibility index (Phi) is 2.05. The lowest BCUT2D eigenvalue weighted by atomic mass is 9.98. The molecule has 0 bridgehead atoms. The fraction of sp³-hybridized carbons (Fsp3) is 0.400. The van der Waals surface area contributed by atoms with Crippen LogP contribution in [0.3, 0.4) is 0 Å². The van der Waals surface area contributed by atoms with E-state index in [1.165, 1.54) is 0 Å². The molecule has 1 aliphatic carbocycles. The largest absolute Gasteiger partial charge is 0.416 e. The van der Waals surface area contributed by atoms with Crippen molar-refractivity contribution in [3.63, 3.8) is 0 Å². The van der Waals surface area contributed by atoms with E-state index in [4.69, 9.17) is 5.73 Å². The van der Waals surface area contributed by atoms with Crippen molar-refractivity contribution in [2.45, 2.75) is 24.6 Å². The normalized spacial score (nSPS) is 19.0. The highest BCUT2D eigenvalue weighted by Gasteiger charge is 2.46. The van der Waals surface area contributed by atoms with Gasteiger partial charge in [0.05, 0.1) is 5.56 Å². The van der Waals surface area contributed by atoms with Gasteiger partial charge in [-0.3, -0.25) is 0 Å². The Bertz CT molecular complexity index is 393. The first kappa shape index (κ1) is 10.4. The number of benzene rings is 1. The molecule has 0 saturated heterocycles. The zero-order chi connectivity index (χ0) is 11.3. The van der Waals surface area contributed by atoms with Crippen LogP contribution in [-0.2, 0) is 11.7 Å². The van der Waals surface area contributed by atoms with Crippen molar-refractivity contribution in [1.29, 1.82) is 0 Å². The number of nitrogens with two attached hydrogens (primary N) is 1. The highest BCUT2D eigenvalue weighted by molar-refractivity contribution is 5.39. The minimum Gasteiger partial charge on any atom is -0.321 e. The molecule has 0 aromatic heterocycles. The Hall–Kier alpha value is -1.10. The number of alkyl halides is 3. The third-order valence-corrected chi connectivity index (χ3v) is 2.61. The molecule has 0 spiro atoms. The predicted molar refractivity (Wildman–Crippen MR) is 46.5 cm³/mol. The van der Waals surface area contributed by atoms with Crippen LogP contribution in [-0.4, -0.2) is 0 Å². The Balaban J connectivity index is 2.55. The summed E-state index contributed by atoms with van der Waals surface area (Å²) in [5, 5.41) is 0. The molecule has 2 rings (SSSR count). The molecule has 1 aliphatic rings. The molecule has 0 heterocycles. The van der Waals surface area contributed by atoms with Gasteiger partial charge in [0.25, 0.3) is 0 Å². The summed E-state index contributed by atoms with van der Waals surface area (Å²) in [7, 11) is 0. The lowest BCUT2D eigenvalue weighted by Gasteiger charge is -2.17. The fourth-order valence-corrected chi connectivity index (χ4v) is 1.58. The minimum atomic E-state index is -4.47. The van der Waals surface area contributed by atoms with Crippen LogP contribution in [0, 0.1) is 5.82 Å². The van der Waals surface area contributed by atoms with E-state index in [-0.39, 0.29) is 5.56 Å². The molecule has 1 aromatic rings. The SMILES string of the molecule is NC1(c2cc(F)ccc2C(F)(F)F)CC1. The summed E-state index contributed by atoms with van der Waals surface area (Å²) < 4.78 is 50.6. The van der Waals surface area contributed by atoms with Crippen molar-refractivity contribution in [3.8, 4) is 0 Å². The standard InChI is InChI=1S/C10H9F4N/c11-6-1-2-7(10(12,13)14)8(5-6)9(15)3-4-9/h1-2,5H,3-4,15H2. The molecular formula is C10H9F4N. The summed E-state index contributed by atoms with van der Waals surface area (Å²) in [4.78, 5) is 0. The lowest BCUT2D eigenvalue weighted by molar-refractivity contribution is -0.138. The van der Waals surface area contributed by atoms with E-state index >= 15 is 0 Å². The van der Waals surface area contributed by atoms with Gasteiger partial charge in [0.15, 0.2) is 0 Å². The van der Waals surface area contributed by atoms with E-state index in [0.29, 0.717) is 12.8 Å². The van der Waals surface area contributed by atoms with Gasteiger partial charge in [-0.2, -0.15) is 13.2 Å². The van der Waals surface area contributed by atoms with Gasteiger partial charge in [-0.15, -0.1) is 0 Å². The minimum absolute atomic E-state index is 0.130. The second-order valence-corrected chi connectivity index (χ2v) is 3.84. The maximum absolute atomic E-state index is 12.9. The number of hydrogen-bond donors (Lipinski definition) is 1. The monoisotopic (exact) mass is 219 g/mol. The molecule has 1 fully saturated rings. The van der Waals surface area contributed by atoms with Gasteiger partial charge in [0.2, 0.25) is 0 Å². The Morgan fingerprint density at radius 2 is 1.80 bits per heavy atom. The van der Waals surface area contributed by atoms with E-state index in [0.717, 1.165) is 18.2 Å². The van der Waals surface area contributed by atoms with Crippen LogP contribution in [0.25, 0.3) is 0 Å². The molecule has 2 N–H and O–H groups in total. The van der Waals surface area contributed by atoms with Crippen molar-refractivity contribution >= 4 is 0 Å². The second kappa shape index (κ2) is 2.95. The highest BCUT2D eigenvalue weighted by Crippen LogP contribution is 2.47. The molecule has 0 radical (unpaired) electrons. The molecule has 1 nitrogen and oxygen atoms in total. The van der Waals surface area contributed by atoms with E-state index in [9.17, 15) is 17.6 Å². The van der Waals surface area contributed by atoms with Gasteiger partial charge >= 0.3 is 6.18 Å². The maximum Gasteiger partial charge on any atom is 0.416 e. The second-order valence-electron chi connectivity index (χ2n) is 3.84. The molecule has 82 valence electrons. The topological polar surface area (TPSA) is 26.0 Å². The van der Waals surface area contributed by atoms with Gasteiger partial charge in [-0.1, -0.05) is 0 Å². The smallest absolute Gasteiger partial charge is 0.321 e. The molecule has 0 unspecified atom stereocenters. The van der Waals surface area contributed by atoms with Crippen LogP contribution in [0.5, 0.6) is 0 Å². The fourth-order valence-electron chi connectivity index (χ4n) is 1.58. The average Bonchev–Trinajstić information content (AvgIpc) is 2.83. The molecule has 0 aliphatic heterocycles. The van der Waals surface area contributed by atoms with E-state index < -0.39 is 23.1 Å². The van der Waals surface area contributed by atoms with E-state index in [1.807, 2.05) is 0 Å². The van der Waals surface area contributed by atoms with Gasteiger partial charge in [-0.25, -0.2) is 4.39 Å². The Morgan fingerprint density at radius 1 is 1.20 bits per heavy atom. The summed E-state index contributed by atoms with van der Waals surface area (Å²) >= 11 is 0. The first-order valence-electron chi connectivity index (χ1n) is 4.49. The van der Waals surface area contributed by atoms with E-state index in [2.05, 4.69) is 0 Å². The molecule has 0 amide bonds. The highest BCUT2D eigenvalue weighted by atomic mass is 19.4. The zero-order valence-corrected chi connectivity index (χ0v) is 7.74. The van der Waals surface area contributed by atoms with Crippen LogP contribution < -0.4 is 5.73 Å². The van der Waals surface area contributed by atoms with Gasteiger partial charge in [0.1, 0.15) is 5.82 Å². The van der Waals surface area contributed by atoms with Crippen LogP contribution in [0.4, 0.5) is 17.6 Å². The van der Waals surface area contributed by atoms with E-state index in [1.54, 1.807) is 0 Å². The van der Waals surface area contributed by atoms with Crippen LogP contribution in [0.15, 0.2) is 18.2 Å². The summed E-state index contributed by atoms with van der Waals surface area (Å²) in [5.74, 6) is -0.685. The van der Waals surface area contributed by atoms with Crippen molar-refractivity contribution in [2.75, 3.05) is 0 Å². The van der Waals surface area contributed by atoms with Crippen LogP contribution in [0.2, 0.25) is 0 Å². The lowest BCUT2D eigenvalue weighted by Crippen LogP contribution is -2.24. The predicted octanol–water partition coefficient (Wildman–Crippen LogP) is 2.79. The molecule has 15 heavy (non-hydrogen) atoms. The summed E-state index contributed by atoms with van der Waals surface area (Å²) in [6, 6.07) is 2.44. The van der Waals surface area contributed by atoms with Gasteiger partial charge in [-0.05, 0) is 36.6 Å². The molecule has 0 atom stereocenters. The summed E-state index contributed by atoms with van der Waals surface area (Å²) in [6.45, 7) is 0. The maximum atomic E-state index is 12.9. The molecular weight excluding hydrogens is 210 g/mol. The Morgan fingerprint density at radius 3 is 2.27 bits per heavy atom. The third kappa shape index (κ3) is 1.84.